The minimum Gasteiger partial charge on any atom is -0.507 e. The number of hydrogen-bond acceptors (Lipinski definition) is 8. The number of aromatic nitrogens is 1. The van der Waals surface area contributed by atoms with Gasteiger partial charge in [-0.05, 0) is 86.4 Å². The van der Waals surface area contributed by atoms with E-state index in [-0.39, 0.29) is 28.0 Å². The van der Waals surface area contributed by atoms with Gasteiger partial charge in [0.15, 0.2) is 10.7 Å². The summed E-state index contributed by atoms with van der Waals surface area (Å²) in [5, 5.41) is 27.6. The predicted molar refractivity (Wildman–Crippen MR) is 149 cm³/mol. The summed E-state index contributed by atoms with van der Waals surface area (Å²) in [6.07, 6.45) is 3.06. The number of amides is 1. The van der Waals surface area contributed by atoms with Gasteiger partial charge in [-0.1, -0.05) is 6.07 Å². The van der Waals surface area contributed by atoms with Crippen molar-refractivity contribution < 1.29 is 19.2 Å². The van der Waals surface area contributed by atoms with Crippen LogP contribution in [0.15, 0.2) is 59.0 Å². The van der Waals surface area contributed by atoms with Crippen LogP contribution >= 0.6 is 12.2 Å². The number of carbonyl (C=O) groups excluding carboxylic acids is 1. The maximum Gasteiger partial charge on any atom is 0.293 e. The molecule has 4 aromatic rings. The van der Waals surface area contributed by atoms with E-state index in [1.807, 2.05) is 30.0 Å². The molecule has 0 spiro atoms. The van der Waals surface area contributed by atoms with Gasteiger partial charge in [-0.25, -0.2) is 4.98 Å². The fourth-order valence-corrected chi connectivity index (χ4v) is 4.70. The molecule has 11 heteroatoms. The van der Waals surface area contributed by atoms with E-state index in [4.69, 9.17) is 16.6 Å². The van der Waals surface area contributed by atoms with Gasteiger partial charge < -0.3 is 19.7 Å². The summed E-state index contributed by atoms with van der Waals surface area (Å²) in [5.74, 6) is -0.373. The fourth-order valence-electron chi connectivity index (χ4n) is 4.49. The van der Waals surface area contributed by atoms with E-state index in [0.717, 1.165) is 37.9 Å². The van der Waals surface area contributed by atoms with Crippen molar-refractivity contribution >= 4 is 51.4 Å². The molecule has 1 saturated heterocycles. The van der Waals surface area contributed by atoms with E-state index in [9.17, 15) is 20.0 Å². The Labute approximate surface area is 223 Å². The molecule has 1 aromatic heterocycles. The Morgan fingerprint density at radius 3 is 2.66 bits per heavy atom. The quantitative estimate of drug-likeness (QED) is 0.131. The fraction of sp³-hybridized carbons (Fsp3) is 0.222. The summed E-state index contributed by atoms with van der Waals surface area (Å²) < 4.78 is 5.80. The zero-order chi connectivity index (χ0) is 26.8. The van der Waals surface area contributed by atoms with E-state index >= 15 is 0 Å². The molecule has 1 fully saturated rings. The number of nitrogens with one attached hydrogen (secondary N) is 2. The summed E-state index contributed by atoms with van der Waals surface area (Å²) in [6.45, 7) is 3.45. The zero-order valence-electron chi connectivity index (χ0n) is 20.6. The Bertz CT molecular complexity index is 1560. The van der Waals surface area contributed by atoms with Crippen LogP contribution in [0.3, 0.4) is 0 Å². The molecule has 2 heterocycles. The molecule has 0 unspecified atom stereocenters. The molecular weight excluding hydrogens is 506 g/mol. The molecule has 0 saturated carbocycles. The first kappa shape index (κ1) is 25.2. The monoisotopic (exact) mass is 531 g/mol. The molecule has 1 amide bonds. The Morgan fingerprint density at radius 2 is 1.89 bits per heavy atom. The average molecular weight is 532 g/mol. The smallest absolute Gasteiger partial charge is 0.293 e. The van der Waals surface area contributed by atoms with Crippen molar-refractivity contribution in [2.24, 2.45) is 0 Å². The average Bonchev–Trinajstić information content (AvgIpc) is 3.32. The molecule has 3 aromatic carbocycles. The van der Waals surface area contributed by atoms with Crippen molar-refractivity contribution in [3.63, 3.8) is 0 Å². The lowest BCUT2D eigenvalue weighted by atomic mass is 10.1. The topological polar surface area (TPSA) is 134 Å². The molecule has 1 aliphatic rings. The number of rotatable bonds is 5. The van der Waals surface area contributed by atoms with Crippen molar-refractivity contribution in [2.45, 2.75) is 26.2 Å². The van der Waals surface area contributed by atoms with E-state index in [0.29, 0.717) is 28.0 Å². The van der Waals surface area contributed by atoms with Crippen LogP contribution in [-0.2, 0) is 0 Å². The first-order chi connectivity index (χ1) is 18.3. The molecular formula is C27H25N5O5S. The third kappa shape index (κ3) is 5.28. The number of phenolic OH excluding ortho intramolecular Hbond substituents is 1. The molecule has 5 rings (SSSR count). The maximum atomic E-state index is 12.8. The van der Waals surface area contributed by atoms with Gasteiger partial charge in [0, 0.05) is 30.4 Å². The second-order valence-electron chi connectivity index (χ2n) is 9.14. The molecule has 0 atom stereocenters. The lowest BCUT2D eigenvalue weighted by molar-refractivity contribution is -0.384. The number of carbonyl (C=O) groups is 1. The van der Waals surface area contributed by atoms with Crippen LogP contribution in [0.2, 0.25) is 0 Å². The lowest BCUT2D eigenvalue weighted by Gasteiger charge is -2.28. The van der Waals surface area contributed by atoms with Crippen molar-refractivity contribution in [3.05, 3.63) is 75.8 Å². The number of phenols is 1. The largest absolute Gasteiger partial charge is 0.507 e. The van der Waals surface area contributed by atoms with Crippen molar-refractivity contribution in [3.8, 4) is 17.2 Å². The maximum absolute atomic E-state index is 12.8. The highest BCUT2D eigenvalue weighted by Crippen LogP contribution is 2.34. The predicted octanol–water partition coefficient (Wildman–Crippen LogP) is 5.53. The molecule has 1 aliphatic heterocycles. The van der Waals surface area contributed by atoms with E-state index in [2.05, 4.69) is 15.6 Å². The third-order valence-electron chi connectivity index (χ3n) is 6.39. The van der Waals surface area contributed by atoms with Crippen molar-refractivity contribution in [2.75, 3.05) is 23.3 Å². The number of nitro benzene ring substituents is 1. The Balaban J connectivity index is 1.31. The van der Waals surface area contributed by atoms with E-state index < -0.39 is 10.8 Å². The third-order valence-corrected chi connectivity index (χ3v) is 6.59. The van der Waals surface area contributed by atoms with Gasteiger partial charge >= 0.3 is 0 Å². The highest BCUT2D eigenvalue weighted by atomic mass is 32.1. The van der Waals surface area contributed by atoms with Gasteiger partial charge in [0.05, 0.1) is 10.5 Å². The number of hydrogen-bond donors (Lipinski definition) is 3. The second kappa shape index (κ2) is 10.5. The van der Waals surface area contributed by atoms with Gasteiger partial charge in [0.1, 0.15) is 17.0 Å². The number of piperidine rings is 1. The number of nitro groups is 1. The first-order valence-electron chi connectivity index (χ1n) is 12.1. The molecule has 0 bridgehead atoms. The molecule has 0 radical (unpaired) electrons. The molecule has 38 heavy (non-hydrogen) atoms. The summed E-state index contributed by atoms with van der Waals surface area (Å²) in [7, 11) is 0. The van der Waals surface area contributed by atoms with Crippen LogP contribution in [0.25, 0.3) is 22.6 Å². The van der Waals surface area contributed by atoms with E-state index in [1.165, 1.54) is 12.1 Å². The normalized spacial score (nSPS) is 13.3. The standard InChI is InChI=1S/C27H25N5O5S/c1-16-5-10-24-20(13-16)29-26(37-24)19-15-18(7-9-23(19)33)28-27(38)30-25(34)17-6-8-21(22(14-17)32(35)36)31-11-3-2-4-12-31/h5-10,13-15,33H,2-4,11-12H2,1H3,(H2,28,30,34,38). The Kier molecular flexibility index (Phi) is 6.93. The minimum atomic E-state index is -0.580. The zero-order valence-corrected chi connectivity index (χ0v) is 21.4. The first-order valence-corrected chi connectivity index (χ1v) is 12.6. The van der Waals surface area contributed by atoms with Gasteiger partial charge in [0.25, 0.3) is 11.6 Å². The summed E-state index contributed by atoms with van der Waals surface area (Å²) in [5.41, 5.74) is 3.63. The molecule has 0 aliphatic carbocycles. The highest BCUT2D eigenvalue weighted by Gasteiger charge is 2.23. The summed E-state index contributed by atoms with van der Waals surface area (Å²) >= 11 is 5.30. The number of oxazole rings is 1. The van der Waals surface area contributed by atoms with Crippen LogP contribution in [0.4, 0.5) is 17.1 Å². The van der Waals surface area contributed by atoms with Crippen LogP contribution in [0.5, 0.6) is 5.75 Å². The second-order valence-corrected chi connectivity index (χ2v) is 9.55. The SMILES string of the molecule is Cc1ccc2oc(-c3cc(NC(=S)NC(=O)c4ccc(N5CCCCC5)c([N+](=O)[O-])c4)ccc3O)nc2c1. The lowest BCUT2D eigenvalue weighted by Crippen LogP contribution is -2.34. The number of aryl methyl sites for hydroxylation is 1. The van der Waals surface area contributed by atoms with Gasteiger partial charge in [0.2, 0.25) is 5.89 Å². The number of anilines is 2. The van der Waals surface area contributed by atoms with Gasteiger partial charge in [-0.3, -0.25) is 20.2 Å². The van der Waals surface area contributed by atoms with Crippen LogP contribution in [0, 0.1) is 17.0 Å². The molecule has 3 N–H and O–H groups in total. The Morgan fingerprint density at radius 1 is 1.11 bits per heavy atom. The van der Waals surface area contributed by atoms with Crippen molar-refractivity contribution in [1.29, 1.82) is 0 Å². The van der Waals surface area contributed by atoms with Gasteiger partial charge in [-0.15, -0.1) is 0 Å². The van der Waals surface area contributed by atoms with Crippen LogP contribution < -0.4 is 15.5 Å². The van der Waals surface area contributed by atoms with Crippen LogP contribution in [0.1, 0.15) is 35.2 Å². The summed E-state index contributed by atoms with van der Waals surface area (Å²) in [4.78, 5) is 30.5. The van der Waals surface area contributed by atoms with Crippen molar-refractivity contribution in [1.82, 2.24) is 10.3 Å². The molecule has 194 valence electrons. The number of fused-ring (bicyclic) bond motifs is 1. The molecule has 10 nitrogen and oxygen atoms in total. The minimum absolute atomic E-state index is 0.0115. The number of aromatic hydroxyl groups is 1. The number of thiocarbonyl (C=S) groups is 1. The van der Waals surface area contributed by atoms with Gasteiger partial charge in [-0.2, -0.15) is 0 Å². The number of benzene rings is 3. The van der Waals surface area contributed by atoms with E-state index in [1.54, 1.807) is 24.3 Å². The summed E-state index contributed by atoms with van der Waals surface area (Å²) in [6, 6.07) is 14.7. The Hall–Kier alpha value is -4.51. The van der Waals surface area contributed by atoms with Crippen LogP contribution in [-0.4, -0.2) is 39.1 Å². The number of nitrogens with zero attached hydrogens (tertiary/aromatic N) is 3. The highest BCUT2D eigenvalue weighted by molar-refractivity contribution is 7.80.